The smallest absolute Gasteiger partial charge is 0.314 e. The molecule has 0 saturated carbocycles. The molecule has 6 nitrogen and oxygen atoms in total. The van der Waals surface area contributed by atoms with E-state index in [0.29, 0.717) is 19.5 Å². The summed E-state index contributed by atoms with van der Waals surface area (Å²) >= 11 is 0. The Kier molecular flexibility index (Phi) is 6.55. The van der Waals surface area contributed by atoms with Crippen LogP contribution in [0.15, 0.2) is 0 Å². The molecule has 0 amide bonds. The van der Waals surface area contributed by atoms with Crippen LogP contribution in [0.3, 0.4) is 0 Å². The van der Waals surface area contributed by atoms with Crippen LogP contribution in [0.2, 0.25) is 0 Å². The third-order valence-electron chi connectivity index (χ3n) is 1.04. The Bertz CT molecular complexity index is 147. The summed E-state index contributed by atoms with van der Waals surface area (Å²) in [6.07, 6.45) is 0.510. The third-order valence-corrected chi connectivity index (χ3v) is 1.56. The van der Waals surface area contributed by atoms with Crippen LogP contribution in [-0.4, -0.2) is 36.1 Å². The SMILES string of the molecule is [O]CCCNCCOP(=O)(O)O. The Morgan fingerprint density at radius 3 is 2.50 bits per heavy atom. The van der Waals surface area contributed by atoms with Crippen molar-refractivity contribution in [2.75, 3.05) is 26.3 Å². The summed E-state index contributed by atoms with van der Waals surface area (Å²) in [6.45, 7) is 0.689. The summed E-state index contributed by atoms with van der Waals surface area (Å²) < 4.78 is 14.3. The van der Waals surface area contributed by atoms with Crippen LogP contribution in [0.25, 0.3) is 0 Å². The highest BCUT2D eigenvalue weighted by Crippen LogP contribution is 2.34. The first-order chi connectivity index (χ1) is 5.56. The molecule has 0 saturated heterocycles. The molecule has 0 fully saturated rings. The molecule has 0 aliphatic rings. The summed E-state index contributed by atoms with van der Waals surface area (Å²) in [5, 5.41) is 12.7. The van der Waals surface area contributed by atoms with Gasteiger partial charge in [-0.05, 0) is 13.0 Å². The van der Waals surface area contributed by atoms with E-state index in [1.807, 2.05) is 0 Å². The molecule has 0 unspecified atom stereocenters. The van der Waals surface area contributed by atoms with Gasteiger partial charge in [0.15, 0.2) is 0 Å². The van der Waals surface area contributed by atoms with E-state index in [1.54, 1.807) is 0 Å². The molecule has 0 aromatic carbocycles. The van der Waals surface area contributed by atoms with E-state index < -0.39 is 7.82 Å². The van der Waals surface area contributed by atoms with Crippen LogP contribution >= 0.6 is 7.82 Å². The van der Waals surface area contributed by atoms with E-state index in [9.17, 15) is 9.67 Å². The number of hydrogen-bond donors (Lipinski definition) is 3. The van der Waals surface area contributed by atoms with Gasteiger partial charge in [0.1, 0.15) is 0 Å². The van der Waals surface area contributed by atoms with E-state index in [0.717, 1.165) is 0 Å². The second-order valence-electron chi connectivity index (χ2n) is 2.13. The molecule has 73 valence electrons. The molecular formula is C5H13NO5P. The average molecular weight is 198 g/mol. The van der Waals surface area contributed by atoms with Gasteiger partial charge in [-0.1, -0.05) is 0 Å². The van der Waals surface area contributed by atoms with Gasteiger partial charge < -0.3 is 15.1 Å². The van der Waals surface area contributed by atoms with Gasteiger partial charge in [-0.3, -0.25) is 4.52 Å². The van der Waals surface area contributed by atoms with Gasteiger partial charge in [-0.25, -0.2) is 9.67 Å². The fourth-order valence-electron chi connectivity index (χ4n) is 0.559. The van der Waals surface area contributed by atoms with Crippen molar-refractivity contribution < 1.29 is 24.0 Å². The molecule has 0 bridgehead atoms. The van der Waals surface area contributed by atoms with Crippen molar-refractivity contribution in [3.05, 3.63) is 0 Å². The van der Waals surface area contributed by atoms with Crippen molar-refractivity contribution >= 4 is 7.82 Å². The van der Waals surface area contributed by atoms with E-state index in [2.05, 4.69) is 9.84 Å². The molecule has 7 heteroatoms. The monoisotopic (exact) mass is 198 g/mol. The molecule has 1 radical (unpaired) electrons. The Morgan fingerprint density at radius 2 is 2.00 bits per heavy atom. The average Bonchev–Trinajstić information content (AvgIpc) is 1.94. The fourth-order valence-corrected chi connectivity index (χ4v) is 0.888. The Morgan fingerprint density at radius 1 is 1.33 bits per heavy atom. The molecule has 0 aromatic rings. The van der Waals surface area contributed by atoms with Crippen molar-refractivity contribution in [1.29, 1.82) is 0 Å². The molecule has 0 aliphatic carbocycles. The van der Waals surface area contributed by atoms with Crippen molar-refractivity contribution in [1.82, 2.24) is 5.32 Å². The number of hydrogen-bond acceptors (Lipinski definition) is 3. The third kappa shape index (κ3) is 10.0. The molecule has 0 aromatic heterocycles. The van der Waals surface area contributed by atoms with E-state index in [1.165, 1.54) is 0 Å². The fraction of sp³-hybridized carbons (Fsp3) is 1.00. The molecular weight excluding hydrogens is 185 g/mol. The van der Waals surface area contributed by atoms with E-state index >= 15 is 0 Å². The zero-order valence-corrected chi connectivity index (χ0v) is 7.50. The minimum absolute atomic E-state index is 0.0524. The van der Waals surface area contributed by atoms with Crippen LogP contribution in [-0.2, 0) is 14.2 Å². The molecule has 0 spiro atoms. The lowest BCUT2D eigenvalue weighted by Crippen LogP contribution is -2.20. The van der Waals surface area contributed by atoms with Crippen molar-refractivity contribution in [3.63, 3.8) is 0 Å². The standard InChI is InChI=1S/C5H13NO5P/c7-4-1-2-6-3-5-11-12(8,9)10/h6H,1-5H2,(H2,8,9,10). The van der Waals surface area contributed by atoms with E-state index in [4.69, 9.17) is 9.79 Å². The van der Waals surface area contributed by atoms with Crippen molar-refractivity contribution in [2.45, 2.75) is 6.42 Å². The second-order valence-corrected chi connectivity index (χ2v) is 3.37. The Hall–Kier alpha value is 0.0300. The minimum Gasteiger partial charge on any atom is -0.314 e. The molecule has 0 heterocycles. The van der Waals surface area contributed by atoms with E-state index in [-0.39, 0.29) is 13.2 Å². The lowest BCUT2D eigenvalue weighted by Gasteiger charge is -2.05. The molecule has 12 heavy (non-hydrogen) atoms. The van der Waals surface area contributed by atoms with Crippen LogP contribution in [0.5, 0.6) is 0 Å². The predicted molar refractivity (Wildman–Crippen MR) is 41.0 cm³/mol. The van der Waals surface area contributed by atoms with Gasteiger partial charge in [0.25, 0.3) is 0 Å². The normalized spacial score (nSPS) is 11.9. The molecule has 3 N–H and O–H groups in total. The summed E-state index contributed by atoms with van der Waals surface area (Å²) in [5.41, 5.74) is 0. The molecule has 0 rings (SSSR count). The largest absolute Gasteiger partial charge is 0.469 e. The highest BCUT2D eigenvalue weighted by atomic mass is 31.2. The lowest BCUT2D eigenvalue weighted by atomic mass is 10.4. The maximum Gasteiger partial charge on any atom is 0.469 e. The molecule has 0 atom stereocenters. The number of phosphoric ester groups is 1. The number of phosphoric acid groups is 1. The summed E-state index contributed by atoms with van der Waals surface area (Å²) in [5.74, 6) is 0. The predicted octanol–water partition coefficient (Wildman–Crippen LogP) is -0.494. The van der Waals surface area contributed by atoms with Crippen molar-refractivity contribution in [3.8, 4) is 0 Å². The number of rotatable bonds is 7. The quantitative estimate of drug-likeness (QED) is 0.378. The van der Waals surface area contributed by atoms with Crippen LogP contribution in [0, 0.1) is 0 Å². The Balaban J connectivity index is 3.06. The maximum atomic E-state index is 10.1. The van der Waals surface area contributed by atoms with Crippen LogP contribution < -0.4 is 5.32 Å². The van der Waals surface area contributed by atoms with Crippen molar-refractivity contribution in [2.24, 2.45) is 0 Å². The van der Waals surface area contributed by atoms with Crippen LogP contribution in [0.1, 0.15) is 6.42 Å². The second kappa shape index (κ2) is 6.54. The molecule has 0 aliphatic heterocycles. The number of nitrogens with one attached hydrogen (secondary N) is 1. The first kappa shape index (κ1) is 12.0. The Labute approximate surface area is 70.8 Å². The first-order valence-corrected chi connectivity index (χ1v) is 5.08. The first-order valence-electron chi connectivity index (χ1n) is 3.55. The summed E-state index contributed by atoms with van der Waals surface area (Å²) in [7, 11) is -4.32. The highest BCUT2D eigenvalue weighted by Gasteiger charge is 2.11. The van der Waals surface area contributed by atoms with Crippen LogP contribution in [0.4, 0.5) is 0 Å². The lowest BCUT2D eigenvalue weighted by molar-refractivity contribution is 0.182. The topological polar surface area (TPSA) is 98.7 Å². The summed E-state index contributed by atoms with van der Waals surface area (Å²) in [6, 6.07) is 0. The zero-order valence-electron chi connectivity index (χ0n) is 6.60. The summed E-state index contributed by atoms with van der Waals surface area (Å²) in [4.78, 5) is 16.5. The maximum absolute atomic E-state index is 10.1. The van der Waals surface area contributed by atoms with Gasteiger partial charge in [-0.15, -0.1) is 0 Å². The van der Waals surface area contributed by atoms with Gasteiger partial charge in [0.05, 0.1) is 13.2 Å². The zero-order chi connectivity index (χ0) is 9.45. The van der Waals surface area contributed by atoms with Gasteiger partial charge in [0.2, 0.25) is 0 Å². The van der Waals surface area contributed by atoms with Gasteiger partial charge in [-0.2, -0.15) is 0 Å². The minimum atomic E-state index is -4.32. The van der Waals surface area contributed by atoms with Gasteiger partial charge in [0, 0.05) is 6.54 Å². The van der Waals surface area contributed by atoms with Gasteiger partial charge >= 0.3 is 7.82 Å². The highest BCUT2D eigenvalue weighted by molar-refractivity contribution is 7.46.